The van der Waals surface area contributed by atoms with E-state index in [9.17, 15) is 9.59 Å². The highest BCUT2D eigenvalue weighted by atomic mass is 16.2. The van der Waals surface area contributed by atoms with Crippen LogP contribution in [0, 0.1) is 0 Å². The molecule has 0 saturated heterocycles. The highest BCUT2D eigenvalue weighted by Crippen LogP contribution is 2.09. The Bertz CT molecular complexity index is 526. The van der Waals surface area contributed by atoms with Gasteiger partial charge in [-0.05, 0) is 37.1 Å². The Kier molecular flexibility index (Phi) is 3.46. The van der Waals surface area contributed by atoms with E-state index in [0.29, 0.717) is 11.4 Å². The van der Waals surface area contributed by atoms with Crippen LogP contribution in [0.4, 0.5) is 0 Å². The van der Waals surface area contributed by atoms with Gasteiger partial charge in [-0.1, -0.05) is 13.8 Å². The molecule has 0 aliphatic carbocycles. The number of aryl methyl sites for hydroxylation is 2. The second-order valence-corrected chi connectivity index (χ2v) is 4.16. The van der Waals surface area contributed by atoms with E-state index in [1.807, 2.05) is 26.0 Å². The molecule has 2 N–H and O–H groups in total. The molecule has 0 aliphatic rings. The van der Waals surface area contributed by atoms with Crippen LogP contribution >= 0.6 is 0 Å². The second kappa shape index (κ2) is 5.04. The summed E-state index contributed by atoms with van der Waals surface area (Å²) in [4.78, 5) is 29.8. The van der Waals surface area contributed by atoms with Crippen molar-refractivity contribution in [1.29, 1.82) is 0 Å². The highest BCUT2D eigenvalue weighted by molar-refractivity contribution is 6.48. The number of carbonyl (C=O) groups is 2. The fraction of sp³-hybridized carbons (Fsp3) is 0.286. The number of hydrogen-bond donors (Lipinski definition) is 2. The normalized spacial score (nSPS) is 10.6. The summed E-state index contributed by atoms with van der Waals surface area (Å²) in [5.41, 5.74) is 2.60. The van der Waals surface area contributed by atoms with Crippen molar-refractivity contribution in [3.8, 4) is 0 Å². The number of nitrogens with one attached hydrogen (secondary N) is 2. The van der Waals surface area contributed by atoms with Crippen LogP contribution in [0.2, 0.25) is 0 Å². The third kappa shape index (κ3) is 2.27. The van der Waals surface area contributed by atoms with Crippen molar-refractivity contribution in [2.75, 3.05) is 0 Å². The third-order valence-corrected chi connectivity index (χ3v) is 2.95. The van der Waals surface area contributed by atoms with E-state index in [4.69, 9.17) is 0 Å². The molecule has 0 radical (unpaired) electrons. The SMILES string of the molecule is CCc1ccc(C(=O)C(=O)c2ccc(CC)[nH]2)[nH]1. The van der Waals surface area contributed by atoms with Crippen molar-refractivity contribution in [2.24, 2.45) is 0 Å². The predicted molar refractivity (Wildman–Crippen MR) is 69.0 cm³/mol. The first-order valence-corrected chi connectivity index (χ1v) is 6.10. The molecule has 0 atom stereocenters. The van der Waals surface area contributed by atoms with Crippen LogP contribution in [0.1, 0.15) is 46.2 Å². The topological polar surface area (TPSA) is 65.7 Å². The number of hydrogen-bond acceptors (Lipinski definition) is 2. The van der Waals surface area contributed by atoms with Crippen LogP contribution in [0.3, 0.4) is 0 Å². The van der Waals surface area contributed by atoms with Crippen LogP contribution in [0.15, 0.2) is 24.3 Å². The summed E-state index contributed by atoms with van der Waals surface area (Å²) in [6.45, 7) is 3.97. The zero-order valence-corrected chi connectivity index (χ0v) is 10.5. The van der Waals surface area contributed by atoms with E-state index in [-0.39, 0.29) is 0 Å². The molecule has 18 heavy (non-hydrogen) atoms. The summed E-state index contributed by atoms with van der Waals surface area (Å²) in [6.07, 6.45) is 1.62. The molecule has 2 aromatic rings. The molecule has 0 bridgehead atoms. The molecule has 4 heteroatoms. The zero-order chi connectivity index (χ0) is 13.1. The van der Waals surface area contributed by atoms with Crippen LogP contribution in [0.25, 0.3) is 0 Å². The van der Waals surface area contributed by atoms with Gasteiger partial charge in [-0.2, -0.15) is 0 Å². The number of ketones is 2. The monoisotopic (exact) mass is 244 g/mol. The quantitative estimate of drug-likeness (QED) is 0.627. The number of H-pyrrole nitrogens is 2. The first kappa shape index (κ1) is 12.4. The molecule has 2 aromatic heterocycles. The van der Waals surface area contributed by atoms with E-state index in [1.54, 1.807) is 12.1 Å². The minimum absolute atomic E-state index is 0.351. The number of carbonyl (C=O) groups excluding carboxylic acids is 2. The first-order valence-electron chi connectivity index (χ1n) is 6.10. The Morgan fingerprint density at radius 3 is 1.50 bits per heavy atom. The van der Waals surface area contributed by atoms with Gasteiger partial charge in [0.25, 0.3) is 11.6 Å². The Morgan fingerprint density at radius 1 is 0.833 bits per heavy atom. The molecule has 0 saturated carbocycles. The van der Waals surface area contributed by atoms with Crippen LogP contribution in [-0.2, 0) is 12.8 Å². The standard InChI is InChI=1S/C14H16N2O2/c1-3-9-5-7-11(15-9)13(17)14(18)12-8-6-10(4-2)16-12/h5-8,15-16H,3-4H2,1-2H3. The van der Waals surface area contributed by atoms with Crippen molar-refractivity contribution < 1.29 is 9.59 Å². The van der Waals surface area contributed by atoms with Gasteiger partial charge in [0.05, 0.1) is 11.4 Å². The molecule has 0 aliphatic heterocycles. The summed E-state index contributed by atoms with van der Waals surface area (Å²) in [7, 11) is 0. The van der Waals surface area contributed by atoms with Crippen molar-refractivity contribution in [3.63, 3.8) is 0 Å². The van der Waals surface area contributed by atoms with Gasteiger partial charge >= 0.3 is 0 Å². The smallest absolute Gasteiger partial charge is 0.251 e. The van der Waals surface area contributed by atoms with Gasteiger partial charge in [-0.3, -0.25) is 9.59 Å². The summed E-state index contributed by atoms with van der Waals surface area (Å²) in [5, 5.41) is 0. The van der Waals surface area contributed by atoms with Crippen LogP contribution in [0.5, 0.6) is 0 Å². The summed E-state index contributed by atoms with van der Waals surface area (Å²) >= 11 is 0. The van der Waals surface area contributed by atoms with E-state index < -0.39 is 11.6 Å². The fourth-order valence-corrected chi connectivity index (χ4v) is 1.80. The maximum atomic E-state index is 12.0. The first-order chi connectivity index (χ1) is 8.65. The lowest BCUT2D eigenvalue weighted by Crippen LogP contribution is -2.15. The van der Waals surface area contributed by atoms with Crippen LogP contribution in [-0.4, -0.2) is 21.5 Å². The molecule has 2 rings (SSSR count). The number of aromatic amines is 2. The van der Waals surface area contributed by atoms with Gasteiger partial charge in [0.2, 0.25) is 0 Å². The second-order valence-electron chi connectivity index (χ2n) is 4.16. The van der Waals surface area contributed by atoms with Gasteiger partial charge in [0.1, 0.15) is 0 Å². The maximum absolute atomic E-state index is 12.0. The minimum Gasteiger partial charge on any atom is -0.356 e. The molecule has 0 fully saturated rings. The molecule has 94 valence electrons. The lowest BCUT2D eigenvalue weighted by molar-refractivity contribution is 0.0811. The number of aromatic nitrogens is 2. The maximum Gasteiger partial charge on any atom is 0.251 e. The van der Waals surface area contributed by atoms with Crippen molar-refractivity contribution in [2.45, 2.75) is 26.7 Å². The number of rotatable bonds is 5. The predicted octanol–water partition coefficient (Wildman–Crippen LogP) is 2.53. The highest BCUT2D eigenvalue weighted by Gasteiger charge is 2.20. The average Bonchev–Trinajstić information content (AvgIpc) is 3.05. The van der Waals surface area contributed by atoms with Gasteiger partial charge < -0.3 is 9.97 Å². The molecule has 0 spiro atoms. The van der Waals surface area contributed by atoms with E-state index >= 15 is 0 Å². The molecular formula is C14H16N2O2. The lowest BCUT2D eigenvalue weighted by Gasteiger charge is -1.96. The largest absolute Gasteiger partial charge is 0.356 e. The fourth-order valence-electron chi connectivity index (χ4n) is 1.80. The van der Waals surface area contributed by atoms with Crippen LogP contribution < -0.4 is 0 Å². The summed E-state index contributed by atoms with van der Waals surface area (Å²) in [5.74, 6) is -1.00. The van der Waals surface area contributed by atoms with Gasteiger partial charge in [0, 0.05) is 11.4 Å². The lowest BCUT2D eigenvalue weighted by atomic mass is 10.1. The molecule has 4 nitrogen and oxygen atoms in total. The number of Topliss-reactive ketones (excluding diaryl/α,β-unsaturated/α-hetero) is 2. The molecule has 2 heterocycles. The third-order valence-electron chi connectivity index (χ3n) is 2.95. The average molecular weight is 244 g/mol. The molecular weight excluding hydrogens is 228 g/mol. The van der Waals surface area contributed by atoms with Crippen molar-refractivity contribution in [3.05, 3.63) is 47.0 Å². The Balaban J connectivity index is 2.20. The van der Waals surface area contributed by atoms with Crippen molar-refractivity contribution in [1.82, 2.24) is 9.97 Å². The summed E-state index contributed by atoms with van der Waals surface area (Å²) < 4.78 is 0. The van der Waals surface area contributed by atoms with E-state index in [2.05, 4.69) is 9.97 Å². The Morgan fingerprint density at radius 2 is 1.22 bits per heavy atom. The zero-order valence-electron chi connectivity index (χ0n) is 10.5. The summed E-state index contributed by atoms with van der Waals surface area (Å²) in [6, 6.07) is 6.96. The molecule has 0 amide bonds. The Labute approximate surface area is 105 Å². The Hall–Kier alpha value is -2.10. The van der Waals surface area contributed by atoms with E-state index in [1.165, 1.54) is 0 Å². The van der Waals surface area contributed by atoms with E-state index in [0.717, 1.165) is 24.2 Å². The molecule has 0 unspecified atom stereocenters. The molecule has 0 aromatic carbocycles. The minimum atomic E-state index is -0.501. The van der Waals surface area contributed by atoms with Crippen molar-refractivity contribution >= 4 is 11.6 Å². The van der Waals surface area contributed by atoms with Gasteiger partial charge in [-0.25, -0.2) is 0 Å². The van der Waals surface area contributed by atoms with Gasteiger partial charge in [-0.15, -0.1) is 0 Å². The van der Waals surface area contributed by atoms with Gasteiger partial charge in [0.15, 0.2) is 0 Å².